The lowest BCUT2D eigenvalue weighted by Crippen LogP contribution is -2.32. The second kappa shape index (κ2) is 5.55. The molecule has 0 amide bonds. The van der Waals surface area contributed by atoms with Gasteiger partial charge in [-0.1, -0.05) is 48.5 Å². The summed E-state index contributed by atoms with van der Waals surface area (Å²) < 4.78 is 6.23. The molecule has 0 aromatic heterocycles. The van der Waals surface area contributed by atoms with Gasteiger partial charge in [0, 0.05) is 26.0 Å². The average molecular weight is 285 g/mol. The van der Waals surface area contributed by atoms with Crippen molar-refractivity contribution in [3.63, 3.8) is 0 Å². The summed E-state index contributed by atoms with van der Waals surface area (Å²) in [6.07, 6.45) is 0.227. The number of ether oxygens (including phenoxy) is 1. The maximum atomic E-state index is 6.23. The molecule has 1 heterocycles. The fourth-order valence-corrected chi connectivity index (χ4v) is 5.45. The van der Waals surface area contributed by atoms with Crippen molar-refractivity contribution in [2.24, 2.45) is 0 Å². The summed E-state index contributed by atoms with van der Waals surface area (Å²) in [5, 5.41) is 2.80. The average Bonchev–Trinajstić information content (AvgIpc) is 2.73. The van der Waals surface area contributed by atoms with Crippen molar-refractivity contribution in [1.29, 1.82) is 0 Å². The normalized spacial score (nSPS) is 21.3. The van der Waals surface area contributed by atoms with E-state index in [1.807, 2.05) is 0 Å². The molecule has 3 heteroatoms. The van der Waals surface area contributed by atoms with E-state index in [4.69, 9.17) is 4.74 Å². The number of benzene rings is 2. The van der Waals surface area contributed by atoms with Crippen molar-refractivity contribution in [3.05, 3.63) is 54.6 Å². The first-order valence-electron chi connectivity index (χ1n) is 7.00. The van der Waals surface area contributed by atoms with Crippen molar-refractivity contribution in [2.75, 3.05) is 11.9 Å². The molecule has 0 radical (unpaired) electrons. The van der Waals surface area contributed by atoms with Gasteiger partial charge in [0.1, 0.15) is 0 Å². The van der Waals surface area contributed by atoms with Gasteiger partial charge in [-0.25, -0.2) is 0 Å². The Kier molecular flexibility index (Phi) is 3.78. The molecule has 2 aromatic carbocycles. The Hall–Kier alpha value is -1.37. The zero-order valence-corrected chi connectivity index (χ0v) is 13.0. The number of fused-ring (bicyclic) bond motifs is 1. The molecule has 20 heavy (non-hydrogen) atoms. The molecule has 0 spiro atoms. The van der Waals surface area contributed by atoms with E-state index >= 15 is 0 Å². The second-order valence-corrected chi connectivity index (χ2v) is 7.50. The molecule has 1 aliphatic heterocycles. The van der Waals surface area contributed by atoms with Gasteiger partial charge in [-0.3, -0.25) is 0 Å². The maximum absolute atomic E-state index is 6.23. The van der Waals surface area contributed by atoms with E-state index in [0.29, 0.717) is 0 Å². The molecule has 0 saturated carbocycles. The van der Waals surface area contributed by atoms with Gasteiger partial charge in [-0.05, 0) is 25.2 Å². The van der Waals surface area contributed by atoms with E-state index in [1.54, 1.807) is 0 Å². The van der Waals surface area contributed by atoms with Crippen LogP contribution in [0.4, 0.5) is 5.69 Å². The van der Waals surface area contributed by atoms with Gasteiger partial charge in [0.15, 0.2) is 5.97 Å². The van der Waals surface area contributed by atoms with Gasteiger partial charge in [0.2, 0.25) is 0 Å². The van der Waals surface area contributed by atoms with Crippen molar-refractivity contribution in [1.82, 2.24) is 0 Å². The molecule has 2 unspecified atom stereocenters. The number of hydrogen-bond acceptors (Lipinski definition) is 2. The lowest BCUT2D eigenvalue weighted by molar-refractivity contribution is 0.0590. The van der Waals surface area contributed by atoms with Crippen molar-refractivity contribution < 1.29 is 4.74 Å². The number of anilines is 1. The minimum absolute atomic E-state index is 0.129. The molecule has 3 rings (SSSR count). The Labute approximate surface area is 122 Å². The predicted octanol–water partition coefficient (Wildman–Crippen LogP) is 3.28. The summed E-state index contributed by atoms with van der Waals surface area (Å²) in [4.78, 5) is 2.29. The van der Waals surface area contributed by atoms with Crippen LogP contribution in [-0.4, -0.2) is 19.1 Å². The smallest absolute Gasteiger partial charge is 0.157 e. The zero-order valence-electron chi connectivity index (χ0n) is 12.2. The van der Waals surface area contributed by atoms with E-state index in [-0.39, 0.29) is 12.1 Å². The van der Waals surface area contributed by atoms with Gasteiger partial charge in [0.25, 0.3) is 0 Å². The summed E-state index contributed by atoms with van der Waals surface area (Å²) in [6, 6.07) is 19.4. The van der Waals surface area contributed by atoms with Gasteiger partial charge < -0.3 is 9.64 Å². The maximum Gasteiger partial charge on any atom is 0.157 e. The van der Waals surface area contributed by atoms with Gasteiger partial charge in [-0.2, -0.15) is 0 Å². The predicted molar refractivity (Wildman–Crippen MR) is 87.5 cm³/mol. The Bertz CT molecular complexity index is 585. The van der Waals surface area contributed by atoms with Gasteiger partial charge >= 0.3 is 0 Å². The second-order valence-electron chi connectivity index (χ2n) is 5.32. The molecule has 0 saturated heterocycles. The van der Waals surface area contributed by atoms with Crippen LogP contribution in [0.25, 0.3) is 0 Å². The lowest BCUT2D eigenvalue weighted by Gasteiger charge is -2.29. The Morgan fingerprint density at radius 1 is 1.00 bits per heavy atom. The van der Waals surface area contributed by atoms with Crippen LogP contribution < -0.4 is 15.5 Å². The molecule has 0 fully saturated rings. The molecule has 104 valence electrons. The molecule has 0 aliphatic carbocycles. The topological polar surface area (TPSA) is 12.5 Å². The highest BCUT2D eigenvalue weighted by Gasteiger charge is 2.38. The molecule has 2 atom stereocenters. The first-order valence-corrected chi connectivity index (χ1v) is 8.41. The van der Waals surface area contributed by atoms with E-state index in [2.05, 4.69) is 80.4 Å². The summed E-state index contributed by atoms with van der Waals surface area (Å²) >= 11 is 0. The molecule has 2 nitrogen and oxygen atoms in total. The number of rotatable bonds is 3. The highest BCUT2D eigenvalue weighted by molar-refractivity contribution is 7.74. The van der Waals surface area contributed by atoms with Crippen LogP contribution >= 0.6 is 7.92 Å². The van der Waals surface area contributed by atoms with E-state index in [1.165, 1.54) is 16.3 Å². The third-order valence-corrected chi connectivity index (χ3v) is 6.16. The monoisotopic (exact) mass is 285 g/mol. The SMILES string of the molecule is CC(C)OC1N(C)c2ccccc2P1c1ccccc1. The molecule has 1 aliphatic rings. The molecule has 0 bridgehead atoms. The highest BCUT2D eigenvalue weighted by atomic mass is 31.1. The van der Waals surface area contributed by atoms with Gasteiger partial charge in [0.05, 0.1) is 6.10 Å². The first-order chi connectivity index (χ1) is 9.68. The highest BCUT2D eigenvalue weighted by Crippen LogP contribution is 2.50. The standard InChI is InChI=1S/C17H20NOP/c1-13(2)19-17-18(3)15-11-7-8-12-16(15)20(17)14-9-5-4-6-10-14/h4-13,17H,1-3H3. The van der Waals surface area contributed by atoms with Crippen LogP contribution in [0.1, 0.15) is 13.8 Å². The van der Waals surface area contributed by atoms with Crippen LogP contribution in [0, 0.1) is 0 Å². The molecule has 0 N–H and O–H groups in total. The minimum Gasteiger partial charge on any atom is -0.351 e. The van der Waals surface area contributed by atoms with E-state index in [0.717, 1.165) is 0 Å². The Morgan fingerprint density at radius 3 is 2.35 bits per heavy atom. The fraction of sp³-hybridized carbons (Fsp3) is 0.294. The van der Waals surface area contributed by atoms with Crippen LogP contribution in [0.3, 0.4) is 0 Å². The van der Waals surface area contributed by atoms with E-state index < -0.39 is 7.92 Å². The Morgan fingerprint density at radius 2 is 1.65 bits per heavy atom. The number of nitrogens with zero attached hydrogens (tertiary/aromatic N) is 1. The third kappa shape index (κ3) is 2.34. The molecular weight excluding hydrogens is 265 g/mol. The summed E-state index contributed by atoms with van der Waals surface area (Å²) in [6.45, 7) is 4.21. The minimum atomic E-state index is -0.488. The number of para-hydroxylation sites is 1. The largest absolute Gasteiger partial charge is 0.351 e. The van der Waals surface area contributed by atoms with E-state index in [9.17, 15) is 0 Å². The van der Waals surface area contributed by atoms with Crippen molar-refractivity contribution >= 4 is 24.2 Å². The van der Waals surface area contributed by atoms with Crippen LogP contribution in [0.15, 0.2) is 54.6 Å². The van der Waals surface area contributed by atoms with Crippen LogP contribution in [0.2, 0.25) is 0 Å². The molecular formula is C17H20NOP. The van der Waals surface area contributed by atoms with Crippen LogP contribution in [-0.2, 0) is 4.74 Å². The summed E-state index contributed by atoms with van der Waals surface area (Å²) in [7, 11) is 1.65. The zero-order chi connectivity index (χ0) is 14.1. The van der Waals surface area contributed by atoms with Gasteiger partial charge in [-0.15, -0.1) is 0 Å². The summed E-state index contributed by atoms with van der Waals surface area (Å²) in [5.74, 6) is 0.129. The summed E-state index contributed by atoms with van der Waals surface area (Å²) in [5.41, 5.74) is 1.30. The van der Waals surface area contributed by atoms with Crippen molar-refractivity contribution in [2.45, 2.75) is 25.9 Å². The molecule has 2 aromatic rings. The van der Waals surface area contributed by atoms with Crippen molar-refractivity contribution in [3.8, 4) is 0 Å². The fourth-order valence-electron chi connectivity index (χ4n) is 2.63. The first kappa shape index (κ1) is 13.6. The lowest BCUT2D eigenvalue weighted by atomic mass is 10.3. The Balaban J connectivity index is 2.07. The quantitative estimate of drug-likeness (QED) is 0.803. The van der Waals surface area contributed by atoms with Crippen LogP contribution in [0.5, 0.6) is 0 Å². The number of hydrogen-bond donors (Lipinski definition) is 0. The third-order valence-electron chi connectivity index (χ3n) is 3.50.